The van der Waals surface area contributed by atoms with E-state index in [1.54, 1.807) is 0 Å². The van der Waals surface area contributed by atoms with Gasteiger partial charge in [0.2, 0.25) is 0 Å². The van der Waals surface area contributed by atoms with Gasteiger partial charge in [0, 0.05) is 6.08 Å². The van der Waals surface area contributed by atoms with E-state index in [2.05, 4.69) is 0 Å². The van der Waals surface area contributed by atoms with Gasteiger partial charge in [-0.05, 0) is 23.8 Å². The summed E-state index contributed by atoms with van der Waals surface area (Å²) < 4.78 is 36.8. The fourth-order valence-electron chi connectivity index (χ4n) is 4.43. The van der Waals surface area contributed by atoms with Crippen molar-refractivity contribution in [2.45, 2.75) is 73.8 Å². The van der Waals surface area contributed by atoms with Crippen molar-refractivity contribution < 1.29 is 78.8 Å². The Bertz CT molecular complexity index is 1050. The van der Waals surface area contributed by atoms with Crippen molar-refractivity contribution in [3.8, 4) is 11.5 Å². The molecule has 0 saturated carbocycles. The summed E-state index contributed by atoms with van der Waals surface area (Å²) in [4.78, 5) is 12.2. The van der Waals surface area contributed by atoms with Gasteiger partial charge in [-0.2, -0.15) is 0 Å². The predicted molar refractivity (Wildman–Crippen MR) is 131 cm³/mol. The number of rotatable bonds is 9. The third-order valence-corrected chi connectivity index (χ3v) is 6.80. The average Bonchev–Trinajstić information content (AvgIpc) is 3.22. The van der Waals surface area contributed by atoms with Gasteiger partial charge in [0.1, 0.15) is 61.5 Å². The van der Waals surface area contributed by atoms with E-state index in [0.717, 1.165) is 6.08 Å². The molecule has 0 aliphatic carbocycles. The molecule has 8 N–H and O–H groups in total. The third-order valence-electron chi connectivity index (χ3n) is 6.80. The van der Waals surface area contributed by atoms with Crippen molar-refractivity contribution in [3.63, 3.8) is 0 Å². The van der Waals surface area contributed by atoms with Gasteiger partial charge < -0.3 is 74.0 Å². The molecular formula is C25H34O16. The summed E-state index contributed by atoms with van der Waals surface area (Å²) >= 11 is 0. The summed E-state index contributed by atoms with van der Waals surface area (Å²) in [5, 5.41) is 80.9. The molecule has 3 aliphatic heterocycles. The Kier molecular flexibility index (Phi) is 10.5. The van der Waals surface area contributed by atoms with E-state index < -0.39 is 93.0 Å². The number of carbonyl (C=O) groups excluding carboxylic acids is 1. The lowest BCUT2D eigenvalue weighted by Gasteiger charge is -2.42. The molecule has 41 heavy (non-hydrogen) atoms. The Morgan fingerprint density at radius 1 is 0.927 bits per heavy atom. The van der Waals surface area contributed by atoms with Crippen molar-refractivity contribution in [1.29, 1.82) is 0 Å². The second-order valence-corrected chi connectivity index (χ2v) is 9.66. The fraction of sp³-hybridized carbons (Fsp3) is 0.640. The van der Waals surface area contributed by atoms with Crippen molar-refractivity contribution in [2.75, 3.05) is 26.9 Å². The van der Waals surface area contributed by atoms with Crippen LogP contribution < -0.4 is 4.74 Å². The van der Waals surface area contributed by atoms with Crippen molar-refractivity contribution in [3.05, 3.63) is 29.8 Å². The molecule has 4 rings (SSSR count). The Labute approximate surface area is 233 Å². The molecule has 0 spiro atoms. The number of aromatic hydroxyl groups is 1. The van der Waals surface area contributed by atoms with Crippen LogP contribution in [-0.4, -0.2) is 148 Å². The summed E-state index contributed by atoms with van der Waals surface area (Å²) in [5.74, 6) is -0.662. The molecule has 16 nitrogen and oxygen atoms in total. The molecule has 1 aromatic carbocycles. The number of phenolic OH excluding ortho intramolecular Hbond substituents is 1. The first-order valence-electron chi connectivity index (χ1n) is 12.7. The zero-order valence-corrected chi connectivity index (χ0v) is 21.8. The zero-order valence-electron chi connectivity index (χ0n) is 21.8. The second-order valence-electron chi connectivity index (χ2n) is 9.66. The summed E-state index contributed by atoms with van der Waals surface area (Å²) in [6.07, 6.45) is -15.6. The Morgan fingerprint density at radius 2 is 1.68 bits per heavy atom. The molecular weight excluding hydrogens is 556 g/mol. The fourth-order valence-corrected chi connectivity index (χ4v) is 4.43. The van der Waals surface area contributed by atoms with Crippen LogP contribution >= 0.6 is 0 Å². The lowest BCUT2D eigenvalue weighted by Crippen LogP contribution is -2.60. The molecule has 3 aliphatic rings. The summed E-state index contributed by atoms with van der Waals surface area (Å²) in [6.45, 7) is -1.21. The molecule has 0 amide bonds. The number of aliphatic hydroxyl groups excluding tert-OH is 7. The molecule has 0 radical (unpaired) electrons. The maximum Gasteiger partial charge on any atom is 0.330 e. The molecule has 3 fully saturated rings. The molecule has 1 aromatic rings. The van der Waals surface area contributed by atoms with E-state index in [1.165, 1.54) is 31.4 Å². The SMILES string of the molecule is COc1cc(C=CC(=O)OC[C@@H]2O[C@@H](O[C@@H]3[C@@H](O)[C@H](O[C@@H]4CO[C@H](O)[C@H](O)[C@H]4O)OC[C@H]3O)[C@H](O)[C@H]2O)ccc1O. The van der Waals surface area contributed by atoms with Crippen molar-refractivity contribution in [2.24, 2.45) is 0 Å². The van der Waals surface area contributed by atoms with Gasteiger partial charge in [-0.15, -0.1) is 0 Å². The van der Waals surface area contributed by atoms with E-state index in [0.29, 0.717) is 5.56 Å². The van der Waals surface area contributed by atoms with Gasteiger partial charge in [0.15, 0.2) is 30.4 Å². The summed E-state index contributed by atoms with van der Waals surface area (Å²) in [5.41, 5.74) is 0.535. The molecule has 0 unspecified atom stereocenters. The molecule has 16 heteroatoms. The van der Waals surface area contributed by atoms with Gasteiger partial charge in [-0.1, -0.05) is 6.07 Å². The normalized spacial score (nSPS) is 39.6. The second kappa shape index (κ2) is 13.7. The number of methoxy groups -OCH3 is 1. The van der Waals surface area contributed by atoms with Crippen LogP contribution in [0.3, 0.4) is 0 Å². The summed E-state index contributed by atoms with van der Waals surface area (Å²) in [7, 11) is 1.38. The number of hydrogen-bond acceptors (Lipinski definition) is 16. The van der Waals surface area contributed by atoms with Crippen LogP contribution in [0, 0.1) is 0 Å². The van der Waals surface area contributed by atoms with Crippen LogP contribution in [0.15, 0.2) is 24.3 Å². The Hall–Kier alpha value is -2.45. The number of ether oxygens (including phenoxy) is 7. The van der Waals surface area contributed by atoms with E-state index >= 15 is 0 Å². The Morgan fingerprint density at radius 3 is 2.41 bits per heavy atom. The van der Waals surface area contributed by atoms with Crippen LogP contribution in [0.4, 0.5) is 0 Å². The molecule has 0 bridgehead atoms. The molecule has 230 valence electrons. The lowest BCUT2D eigenvalue weighted by atomic mass is 10.0. The predicted octanol–water partition coefficient (Wildman–Crippen LogP) is -3.68. The quantitative estimate of drug-likeness (QED) is 0.102. The number of esters is 1. The molecule has 3 saturated heterocycles. The van der Waals surface area contributed by atoms with Crippen LogP contribution in [0.1, 0.15) is 5.56 Å². The van der Waals surface area contributed by atoms with Crippen molar-refractivity contribution in [1.82, 2.24) is 0 Å². The van der Waals surface area contributed by atoms with Gasteiger partial charge in [0.05, 0.1) is 20.3 Å². The largest absolute Gasteiger partial charge is 0.504 e. The minimum atomic E-state index is -1.69. The summed E-state index contributed by atoms with van der Waals surface area (Å²) in [6, 6.07) is 4.42. The van der Waals surface area contributed by atoms with E-state index in [4.69, 9.17) is 33.2 Å². The highest BCUT2D eigenvalue weighted by Crippen LogP contribution is 2.30. The first-order valence-corrected chi connectivity index (χ1v) is 12.7. The van der Waals surface area contributed by atoms with Gasteiger partial charge >= 0.3 is 5.97 Å². The van der Waals surface area contributed by atoms with E-state index in [9.17, 15) is 45.6 Å². The van der Waals surface area contributed by atoms with Crippen molar-refractivity contribution >= 4 is 12.0 Å². The number of aliphatic hydroxyl groups is 7. The smallest absolute Gasteiger partial charge is 0.330 e. The first kappa shape index (κ1) is 31.5. The van der Waals surface area contributed by atoms with E-state index in [-0.39, 0.29) is 18.1 Å². The minimum Gasteiger partial charge on any atom is -0.504 e. The average molecular weight is 591 g/mol. The number of hydrogen-bond donors (Lipinski definition) is 8. The number of phenols is 1. The maximum absolute atomic E-state index is 12.2. The number of benzene rings is 1. The van der Waals surface area contributed by atoms with Gasteiger partial charge in [-0.3, -0.25) is 0 Å². The molecule has 0 aromatic heterocycles. The Balaban J connectivity index is 1.30. The molecule has 3 heterocycles. The van der Waals surface area contributed by atoms with Crippen LogP contribution in [0.25, 0.3) is 6.08 Å². The van der Waals surface area contributed by atoms with Gasteiger partial charge in [0.25, 0.3) is 0 Å². The van der Waals surface area contributed by atoms with Crippen LogP contribution in [0.5, 0.6) is 11.5 Å². The molecule has 12 atom stereocenters. The highest BCUT2D eigenvalue weighted by atomic mass is 16.7. The standard InChI is InChI=1S/C25H34O16/c1-35-13-6-10(2-4-11(13)26)3-5-16(28)36-8-14-18(30)20(32)25(40-14)41-22-12(27)7-38-24(21(22)33)39-15-9-37-23(34)19(31)17(15)29/h2-6,12,14-15,17-27,29-34H,7-9H2,1H3/t12-,14+,15-,17+,18+,19-,20-,21-,22+,23+,24+,25+/m1/s1. The lowest BCUT2D eigenvalue weighted by molar-refractivity contribution is -0.338. The van der Waals surface area contributed by atoms with E-state index in [1.807, 2.05) is 0 Å². The maximum atomic E-state index is 12.2. The zero-order chi connectivity index (χ0) is 29.8. The topological polar surface area (TPSA) is 244 Å². The highest BCUT2D eigenvalue weighted by molar-refractivity contribution is 5.87. The highest BCUT2D eigenvalue weighted by Gasteiger charge is 2.50. The number of carbonyl (C=O) groups is 1. The monoisotopic (exact) mass is 590 g/mol. The minimum absolute atomic E-state index is 0.0723. The first-order chi connectivity index (χ1) is 19.5. The van der Waals surface area contributed by atoms with Crippen LogP contribution in [-0.2, 0) is 33.2 Å². The third kappa shape index (κ3) is 7.31. The van der Waals surface area contributed by atoms with Gasteiger partial charge in [-0.25, -0.2) is 4.79 Å². The van der Waals surface area contributed by atoms with Crippen LogP contribution in [0.2, 0.25) is 0 Å².